The van der Waals surface area contributed by atoms with Gasteiger partial charge < -0.3 is 14.9 Å². The minimum absolute atomic E-state index is 0.0107. The van der Waals surface area contributed by atoms with E-state index in [0.29, 0.717) is 5.02 Å². The number of likely N-dealkylation sites (N-methyl/N-ethyl adjacent to an activating group) is 1. The van der Waals surface area contributed by atoms with Crippen molar-refractivity contribution in [1.82, 2.24) is 14.8 Å². The summed E-state index contributed by atoms with van der Waals surface area (Å²) in [5.41, 5.74) is 1.06. The van der Waals surface area contributed by atoms with Gasteiger partial charge in [0.2, 0.25) is 0 Å². The maximum Gasteiger partial charge on any atom is 0.323 e. The fourth-order valence-electron chi connectivity index (χ4n) is 2.70. The van der Waals surface area contributed by atoms with Gasteiger partial charge in [-0.05, 0) is 36.2 Å². The molecule has 1 atom stereocenters. The number of thioether (sulfide) groups is 1. The third-order valence-corrected chi connectivity index (χ3v) is 6.42. The zero-order valence-electron chi connectivity index (χ0n) is 16.1. The molecule has 2 aromatic rings. The lowest BCUT2D eigenvalue weighted by atomic mass is 10.2. The topological polar surface area (TPSA) is 56.7 Å². The Bertz CT molecular complexity index is 734. The number of aromatic nitrogens is 1. The highest BCUT2D eigenvalue weighted by Gasteiger charge is 2.23. The number of benzene rings is 1. The molecule has 3 rings (SSSR count). The van der Waals surface area contributed by atoms with Crippen molar-refractivity contribution in [2.45, 2.75) is 25.6 Å². The van der Waals surface area contributed by atoms with Gasteiger partial charge in [0.1, 0.15) is 11.9 Å². The summed E-state index contributed by atoms with van der Waals surface area (Å²) >= 11 is 9.15. The van der Waals surface area contributed by atoms with Crippen LogP contribution in [-0.2, 0) is 11.2 Å². The predicted octanol–water partition coefficient (Wildman–Crippen LogP) is 4.97. The molecule has 0 fully saturated rings. The van der Waals surface area contributed by atoms with Gasteiger partial charge in [-0.3, -0.25) is 4.79 Å². The van der Waals surface area contributed by atoms with Crippen molar-refractivity contribution in [1.29, 1.82) is 0 Å². The van der Waals surface area contributed by atoms with E-state index in [9.17, 15) is 4.79 Å². The maximum absolute atomic E-state index is 10.7. The highest BCUT2D eigenvalue weighted by Crippen LogP contribution is 2.38. The Kier molecular flexibility index (Phi) is 9.84. The van der Waals surface area contributed by atoms with Crippen LogP contribution in [0.25, 0.3) is 0 Å². The van der Waals surface area contributed by atoms with Gasteiger partial charge >= 0.3 is 5.97 Å². The van der Waals surface area contributed by atoms with E-state index in [1.54, 1.807) is 34.2 Å². The normalized spacial score (nSPS) is 15.6. The molecule has 1 aliphatic heterocycles. The van der Waals surface area contributed by atoms with Gasteiger partial charge in [0.15, 0.2) is 0 Å². The first kappa shape index (κ1) is 22.7. The lowest BCUT2D eigenvalue weighted by molar-refractivity contribution is -0.137. The van der Waals surface area contributed by atoms with Crippen LogP contribution >= 0.6 is 34.7 Å². The summed E-state index contributed by atoms with van der Waals surface area (Å²) in [6, 6.07) is 7.47. The number of nitrogens with zero attached hydrogens (tertiary/aromatic N) is 3. The molecule has 2 heterocycles. The van der Waals surface area contributed by atoms with E-state index in [-0.39, 0.29) is 11.9 Å². The van der Waals surface area contributed by atoms with Gasteiger partial charge in [-0.15, -0.1) is 23.1 Å². The second kappa shape index (κ2) is 12.1. The van der Waals surface area contributed by atoms with E-state index in [1.807, 2.05) is 41.3 Å². The van der Waals surface area contributed by atoms with Gasteiger partial charge in [-0.2, -0.15) is 0 Å². The molecular weight excluding hydrogens is 414 g/mol. The van der Waals surface area contributed by atoms with Crippen LogP contribution in [0, 0.1) is 0 Å². The van der Waals surface area contributed by atoms with Gasteiger partial charge in [0.05, 0.1) is 5.01 Å². The van der Waals surface area contributed by atoms with Crippen LogP contribution in [0.3, 0.4) is 0 Å². The lowest BCUT2D eigenvalue weighted by Crippen LogP contribution is -2.25. The Labute approximate surface area is 180 Å². The third kappa shape index (κ3) is 7.47. The second-order valence-electron chi connectivity index (χ2n) is 6.09. The van der Waals surface area contributed by atoms with E-state index in [4.69, 9.17) is 16.7 Å². The Morgan fingerprint density at radius 3 is 2.57 bits per heavy atom. The molecule has 0 radical (unpaired) electrons. The first-order chi connectivity index (χ1) is 13.5. The molecule has 0 saturated carbocycles. The summed E-state index contributed by atoms with van der Waals surface area (Å²) in [6.45, 7) is 7.83. The van der Waals surface area contributed by atoms with Crippen molar-refractivity contribution < 1.29 is 9.90 Å². The zero-order valence-corrected chi connectivity index (χ0v) is 18.5. The van der Waals surface area contributed by atoms with E-state index in [0.717, 1.165) is 31.6 Å². The summed E-state index contributed by atoms with van der Waals surface area (Å²) < 4.78 is 0. The van der Waals surface area contributed by atoms with Crippen LogP contribution in [0.5, 0.6) is 0 Å². The van der Waals surface area contributed by atoms with Gasteiger partial charge in [-0.1, -0.05) is 37.6 Å². The number of hydrogen-bond acceptors (Lipinski definition) is 6. The van der Waals surface area contributed by atoms with E-state index in [2.05, 4.69) is 23.7 Å². The maximum atomic E-state index is 10.7. The summed E-state index contributed by atoms with van der Waals surface area (Å²) in [5, 5.41) is 14.7. The molecule has 0 spiro atoms. The number of thiazole rings is 1. The molecule has 0 bridgehead atoms. The average Bonchev–Trinajstić information content (AvgIpc) is 3.35. The van der Waals surface area contributed by atoms with Crippen molar-refractivity contribution >= 4 is 40.7 Å². The average molecular weight is 440 g/mol. The number of carbonyl (C=O) groups is 1. The smallest absolute Gasteiger partial charge is 0.323 e. The molecule has 1 aromatic carbocycles. The van der Waals surface area contributed by atoms with E-state index < -0.39 is 5.97 Å². The van der Waals surface area contributed by atoms with E-state index >= 15 is 0 Å². The van der Waals surface area contributed by atoms with Crippen molar-refractivity contribution in [3.8, 4) is 0 Å². The van der Waals surface area contributed by atoms with Crippen molar-refractivity contribution in [3.05, 3.63) is 63.0 Å². The summed E-state index contributed by atoms with van der Waals surface area (Å²) in [6.07, 6.45) is 4.78. The van der Waals surface area contributed by atoms with Crippen molar-refractivity contribution in [2.75, 3.05) is 26.2 Å². The van der Waals surface area contributed by atoms with Crippen LogP contribution in [0.4, 0.5) is 0 Å². The van der Waals surface area contributed by atoms with Crippen LogP contribution in [0.2, 0.25) is 5.02 Å². The molecule has 0 aliphatic carbocycles. The lowest BCUT2D eigenvalue weighted by Gasteiger charge is -2.23. The summed E-state index contributed by atoms with van der Waals surface area (Å²) in [5.74, 6) is -0.828. The van der Waals surface area contributed by atoms with Crippen molar-refractivity contribution in [3.63, 3.8) is 0 Å². The Morgan fingerprint density at radius 2 is 2.00 bits per heavy atom. The van der Waals surface area contributed by atoms with Crippen LogP contribution in [-0.4, -0.2) is 52.0 Å². The number of rotatable bonds is 8. The largest absolute Gasteiger partial charge is 0.480 e. The number of hydrogen-bond donors (Lipinski definition) is 1. The second-order valence-corrected chi connectivity index (χ2v) is 8.50. The Balaban J connectivity index is 0.000000209. The monoisotopic (exact) mass is 439 g/mol. The highest BCUT2D eigenvalue weighted by molar-refractivity contribution is 8.02. The van der Waals surface area contributed by atoms with Crippen LogP contribution in [0.1, 0.15) is 29.8 Å². The fourth-order valence-corrected chi connectivity index (χ4v) is 4.43. The molecule has 1 aromatic heterocycles. The molecule has 0 saturated heterocycles. The molecule has 5 nitrogen and oxygen atoms in total. The number of halogens is 1. The summed E-state index contributed by atoms with van der Waals surface area (Å²) in [7, 11) is 0. The minimum Gasteiger partial charge on any atom is -0.480 e. The first-order valence-corrected chi connectivity index (χ1v) is 11.4. The van der Waals surface area contributed by atoms with Crippen LogP contribution in [0.15, 0.2) is 47.5 Å². The summed E-state index contributed by atoms with van der Waals surface area (Å²) in [4.78, 5) is 19.1. The zero-order chi connectivity index (χ0) is 20.4. The van der Waals surface area contributed by atoms with Crippen molar-refractivity contribution in [2.24, 2.45) is 0 Å². The molecule has 1 N–H and O–H groups in total. The number of aliphatic carboxylic acids is 1. The molecule has 1 aliphatic rings. The number of carboxylic acids is 1. The first-order valence-electron chi connectivity index (χ1n) is 9.19. The third-order valence-electron chi connectivity index (χ3n) is 4.25. The molecular formula is C20H26ClN3O2S2. The molecule has 28 heavy (non-hydrogen) atoms. The SMILES string of the molecule is CCN(CC)CCc1nccs1.O=C(O)CN1C=CSC1c1ccc(Cl)cc1. The molecule has 8 heteroatoms. The minimum atomic E-state index is -0.828. The van der Waals surface area contributed by atoms with Gasteiger partial charge in [0.25, 0.3) is 0 Å². The molecule has 0 amide bonds. The fraction of sp³-hybridized carbons (Fsp3) is 0.400. The standard InChI is InChI=1S/C11H10ClNO2S.C9H16N2S/c12-9-3-1-8(2-4-9)11-13(5-6-16-11)7-10(14)15;1-3-11(4-2)7-5-9-10-6-8-12-9/h1-6,11H,7H2,(H,14,15);6,8H,3-5,7H2,1-2H3. The van der Waals surface area contributed by atoms with E-state index in [1.165, 1.54) is 5.01 Å². The van der Waals surface area contributed by atoms with Crippen LogP contribution < -0.4 is 0 Å². The Hall–Kier alpha value is -1.54. The highest BCUT2D eigenvalue weighted by atomic mass is 35.5. The molecule has 152 valence electrons. The van der Waals surface area contributed by atoms with Gasteiger partial charge in [0, 0.05) is 35.8 Å². The molecule has 1 unspecified atom stereocenters. The quantitative estimate of drug-likeness (QED) is 0.626. The Morgan fingerprint density at radius 1 is 1.29 bits per heavy atom. The van der Waals surface area contributed by atoms with Gasteiger partial charge in [-0.25, -0.2) is 4.98 Å². The predicted molar refractivity (Wildman–Crippen MR) is 119 cm³/mol. The number of carboxylic acid groups (broad SMARTS) is 1.